The molecule has 0 aromatic heterocycles. The average molecular weight is 359 g/mol. The Morgan fingerprint density at radius 1 is 1.12 bits per heavy atom. The predicted molar refractivity (Wildman–Crippen MR) is 108 cm³/mol. The number of benzene rings is 1. The Kier molecular flexibility index (Phi) is 6.78. The van der Waals surface area contributed by atoms with Crippen LogP contribution in [0.1, 0.15) is 33.1 Å². The molecule has 0 aliphatic carbocycles. The number of hydrogen-bond acceptors (Lipinski definition) is 3. The van der Waals surface area contributed by atoms with E-state index in [1.54, 1.807) is 0 Å². The molecule has 144 valence electrons. The number of urea groups is 1. The Morgan fingerprint density at radius 3 is 2.54 bits per heavy atom. The van der Waals surface area contributed by atoms with E-state index in [4.69, 9.17) is 0 Å². The van der Waals surface area contributed by atoms with Gasteiger partial charge in [-0.2, -0.15) is 0 Å². The van der Waals surface area contributed by atoms with Gasteiger partial charge in [0.15, 0.2) is 0 Å². The Balaban J connectivity index is 1.33. The van der Waals surface area contributed by atoms with Crippen LogP contribution >= 0.6 is 0 Å². The van der Waals surface area contributed by atoms with Crippen LogP contribution in [-0.4, -0.2) is 56.2 Å². The number of carbonyl (C=O) groups is 1. The molecule has 2 aliphatic heterocycles. The van der Waals surface area contributed by atoms with E-state index in [2.05, 4.69) is 64.6 Å². The summed E-state index contributed by atoms with van der Waals surface area (Å²) >= 11 is 0. The number of amides is 2. The van der Waals surface area contributed by atoms with Crippen molar-refractivity contribution in [2.24, 2.45) is 11.8 Å². The summed E-state index contributed by atoms with van der Waals surface area (Å²) in [6.45, 7) is 10.7. The molecule has 5 nitrogen and oxygen atoms in total. The zero-order chi connectivity index (χ0) is 18.4. The third kappa shape index (κ3) is 5.63. The van der Waals surface area contributed by atoms with E-state index in [1.807, 2.05) is 0 Å². The van der Waals surface area contributed by atoms with E-state index in [-0.39, 0.29) is 6.03 Å². The molecule has 2 saturated heterocycles. The van der Waals surface area contributed by atoms with Crippen LogP contribution in [0.4, 0.5) is 10.5 Å². The van der Waals surface area contributed by atoms with Crippen LogP contribution in [0.15, 0.2) is 30.3 Å². The van der Waals surface area contributed by atoms with Gasteiger partial charge in [-0.05, 0) is 43.2 Å². The molecule has 2 amide bonds. The van der Waals surface area contributed by atoms with E-state index < -0.39 is 0 Å². The maximum atomic E-state index is 12.2. The summed E-state index contributed by atoms with van der Waals surface area (Å²) in [6, 6.07) is 10.9. The van der Waals surface area contributed by atoms with Crippen molar-refractivity contribution in [3.8, 4) is 0 Å². The molecule has 1 aromatic rings. The maximum absolute atomic E-state index is 12.2. The van der Waals surface area contributed by atoms with Crippen molar-refractivity contribution in [1.29, 1.82) is 0 Å². The molecular weight excluding hydrogens is 324 g/mol. The summed E-state index contributed by atoms with van der Waals surface area (Å²) in [5, 5.41) is 6.27. The lowest BCUT2D eigenvalue weighted by molar-refractivity contribution is 0.177. The molecule has 3 rings (SSSR count). The van der Waals surface area contributed by atoms with E-state index in [1.165, 1.54) is 12.2 Å². The van der Waals surface area contributed by atoms with Gasteiger partial charge in [-0.1, -0.05) is 32.0 Å². The molecule has 0 spiro atoms. The van der Waals surface area contributed by atoms with Gasteiger partial charge < -0.3 is 20.4 Å². The lowest BCUT2D eigenvalue weighted by atomic mass is 10.0. The van der Waals surface area contributed by atoms with E-state index in [9.17, 15) is 4.79 Å². The average Bonchev–Trinajstić information content (AvgIpc) is 3.11. The lowest BCUT2D eigenvalue weighted by Gasteiger charge is -2.33. The van der Waals surface area contributed by atoms with Crippen LogP contribution in [0.2, 0.25) is 0 Å². The minimum Gasteiger partial charge on any atom is -0.371 e. The van der Waals surface area contributed by atoms with Gasteiger partial charge in [0.25, 0.3) is 0 Å². The first-order valence-corrected chi connectivity index (χ1v) is 10.2. The first-order valence-electron chi connectivity index (χ1n) is 10.2. The fourth-order valence-corrected chi connectivity index (χ4v) is 4.12. The zero-order valence-corrected chi connectivity index (χ0v) is 16.3. The van der Waals surface area contributed by atoms with Gasteiger partial charge in [0.05, 0.1) is 0 Å². The molecule has 1 aromatic carbocycles. The number of anilines is 1. The van der Waals surface area contributed by atoms with Crippen molar-refractivity contribution in [3.05, 3.63) is 30.3 Å². The van der Waals surface area contributed by atoms with Crippen molar-refractivity contribution >= 4 is 11.7 Å². The Bertz CT molecular complexity index is 554. The van der Waals surface area contributed by atoms with E-state index in [0.29, 0.717) is 17.9 Å². The largest absolute Gasteiger partial charge is 0.371 e. The highest BCUT2D eigenvalue weighted by molar-refractivity contribution is 5.74. The number of rotatable bonds is 6. The number of likely N-dealkylation sites (tertiary alicyclic amines) is 1. The van der Waals surface area contributed by atoms with Gasteiger partial charge in [-0.15, -0.1) is 0 Å². The van der Waals surface area contributed by atoms with Crippen LogP contribution in [-0.2, 0) is 0 Å². The number of nitrogens with one attached hydrogen (secondary N) is 2. The maximum Gasteiger partial charge on any atom is 0.315 e. The second-order valence-corrected chi connectivity index (χ2v) is 8.26. The summed E-state index contributed by atoms with van der Waals surface area (Å²) in [6.07, 6.45) is 3.26. The second kappa shape index (κ2) is 9.26. The quantitative estimate of drug-likeness (QED) is 0.822. The molecule has 0 saturated carbocycles. The van der Waals surface area contributed by atoms with Crippen molar-refractivity contribution in [3.63, 3.8) is 0 Å². The lowest BCUT2D eigenvalue weighted by Crippen LogP contribution is -2.49. The molecule has 2 heterocycles. The highest BCUT2D eigenvalue weighted by Gasteiger charge is 2.24. The van der Waals surface area contributed by atoms with Crippen LogP contribution < -0.4 is 15.5 Å². The Labute approximate surface area is 158 Å². The van der Waals surface area contributed by atoms with Crippen molar-refractivity contribution in [2.45, 2.75) is 39.2 Å². The number of carbonyl (C=O) groups excluding carboxylic acids is 1. The van der Waals surface area contributed by atoms with Crippen molar-refractivity contribution < 1.29 is 4.79 Å². The highest BCUT2D eigenvalue weighted by atomic mass is 16.2. The second-order valence-electron chi connectivity index (χ2n) is 8.26. The molecule has 0 unspecified atom stereocenters. The SMILES string of the molecule is CC(C)CN1CCC(NC(=O)NC[C@@H]2CCN(c3ccccc3)C2)CC1. The van der Waals surface area contributed by atoms with Gasteiger partial charge in [-0.3, -0.25) is 0 Å². The molecular formula is C21H34N4O. The topological polar surface area (TPSA) is 47.6 Å². The number of para-hydroxylation sites is 1. The molecule has 5 heteroatoms. The normalized spacial score (nSPS) is 22.0. The highest BCUT2D eigenvalue weighted by Crippen LogP contribution is 2.22. The van der Waals surface area contributed by atoms with Crippen LogP contribution in [0.25, 0.3) is 0 Å². The number of hydrogen-bond donors (Lipinski definition) is 2. The minimum atomic E-state index is 0.00507. The molecule has 2 aliphatic rings. The zero-order valence-electron chi connectivity index (χ0n) is 16.3. The van der Waals surface area contributed by atoms with E-state index in [0.717, 1.165) is 52.0 Å². The Morgan fingerprint density at radius 2 is 1.85 bits per heavy atom. The minimum absolute atomic E-state index is 0.00507. The van der Waals surface area contributed by atoms with Gasteiger partial charge >= 0.3 is 6.03 Å². The third-order valence-corrected chi connectivity index (χ3v) is 5.50. The van der Waals surface area contributed by atoms with Crippen molar-refractivity contribution in [1.82, 2.24) is 15.5 Å². The summed E-state index contributed by atoms with van der Waals surface area (Å²) in [7, 11) is 0. The fraction of sp³-hybridized carbons (Fsp3) is 0.667. The van der Waals surface area contributed by atoms with Crippen molar-refractivity contribution in [2.75, 3.05) is 44.2 Å². The first kappa shape index (κ1) is 19.0. The fourth-order valence-electron chi connectivity index (χ4n) is 4.12. The summed E-state index contributed by atoms with van der Waals surface area (Å²) < 4.78 is 0. The van der Waals surface area contributed by atoms with Crippen LogP contribution in [0.3, 0.4) is 0 Å². The van der Waals surface area contributed by atoms with E-state index >= 15 is 0 Å². The predicted octanol–water partition coefficient (Wildman–Crippen LogP) is 2.93. The Hall–Kier alpha value is -1.75. The van der Waals surface area contributed by atoms with Gasteiger partial charge in [0, 0.05) is 51.0 Å². The van der Waals surface area contributed by atoms with Gasteiger partial charge in [0.1, 0.15) is 0 Å². The molecule has 1 atom stereocenters. The molecule has 2 fully saturated rings. The first-order chi connectivity index (χ1) is 12.6. The summed E-state index contributed by atoms with van der Waals surface area (Å²) in [4.78, 5) is 17.2. The number of nitrogens with zero attached hydrogens (tertiary/aromatic N) is 2. The van der Waals surface area contributed by atoms with Crippen LogP contribution in [0.5, 0.6) is 0 Å². The smallest absolute Gasteiger partial charge is 0.315 e. The summed E-state index contributed by atoms with van der Waals surface area (Å²) in [5.41, 5.74) is 1.28. The monoisotopic (exact) mass is 358 g/mol. The molecule has 2 N–H and O–H groups in total. The van der Waals surface area contributed by atoms with Gasteiger partial charge in [-0.25, -0.2) is 4.79 Å². The molecule has 0 bridgehead atoms. The molecule has 26 heavy (non-hydrogen) atoms. The van der Waals surface area contributed by atoms with Crippen LogP contribution in [0, 0.1) is 11.8 Å². The number of piperidine rings is 1. The third-order valence-electron chi connectivity index (χ3n) is 5.50. The standard InChI is InChI=1S/C21H34N4O/c1-17(2)15-24-11-9-19(10-12-24)23-21(26)22-14-18-8-13-25(16-18)20-6-4-3-5-7-20/h3-7,17-19H,8-16H2,1-2H3,(H2,22,23,26)/t18-/m0/s1. The van der Waals surface area contributed by atoms with Gasteiger partial charge in [0.2, 0.25) is 0 Å². The molecule has 0 radical (unpaired) electrons. The summed E-state index contributed by atoms with van der Waals surface area (Å²) in [5.74, 6) is 1.25.